The third-order valence-corrected chi connectivity index (χ3v) is 6.59. The van der Waals surface area contributed by atoms with Crippen molar-refractivity contribution in [2.75, 3.05) is 26.7 Å². The van der Waals surface area contributed by atoms with E-state index in [0.717, 1.165) is 26.2 Å². The third-order valence-electron chi connectivity index (χ3n) is 5.67. The molecule has 0 unspecified atom stereocenters. The quantitative estimate of drug-likeness (QED) is 0.822. The van der Waals surface area contributed by atoms with E-state index in [-0.39, 0.29) is 0 Å². The number of ether oxygens (including phenoxy) is 1. The lowest BCUT2D eigenvalue weighted by Crippen LogP contribution is -2.60. The molecule has 5 nitrogen and oxygen atoms in total. The third kappa shape index (κ3) is 3.49. The van der Waals surface area contributed by atoms with Gasteiger partial charge in [0.1, 0.15) is 0 Å². The molecule has 6 heteroatoms. The van der Waals surface area contributed by atoms with Crippen LogP contribution < -0.4 is 0 Å². The lowest BCUT2D eigenvalue weighted by Gasteiger charge is -2.53. The first-order chi connectivity index (χ1) is 12.3. The number of aryl methyl sites for hydroxylation is 1. The van der Waals surface area contributed by atoms with E-state index >= 15 is 0 Å². The average molecular weight is 359 g/mol. The topological polar surface area (TPSA) is 41.5 Å². The van der Waals surface area contributed by atoms with Crippen molar-refractivity contribution in [2.45, 2.75) is 44.5 Å². The van der Waals surface area contributed by atoms with Gasteiger partial charge in [0.05, 0.1) is 23.4 Å². The predicted molar refractivity (Wildman–Crippen MR) is 99.6 cm³/mol. The number of likely N-dealkylation sites (tertiary alicyclic amines) is 2. The lowest BCUT2D eigenvalue weighted by molar-refractivity contribution is -0.117. The van der Waals surface area contributed by atoms with E-state index < -0.39 is 0 Å². The second-order valence-electron chi connectivity index (χ2n) is 7.07. The summed E-state index contributed by atoms with van der Waals surface area (Å²) in [6, 6.07) is 5.21. The predicted octanol–water partition coefficient (Wildman–Crippen LogP) is 2.88. The highest BCUT2D eigenvalue weighted by atomic mass is 32.1. The fourth-order valence-corrected chi connectivity index (χ4v) is 4.94. The molecule has 0 spiro atoms. The van der Waals surface area contributed by atoms with Gasteiger partial charge in [-0.05, 0) is 31.4 Å². The molecule has 0 aliphatic carbocycles. The Hall–Kier alpha value is -1.34. The first-order valence-electron chi connectivity index (χ1n) is 9.06. The summed E-state index contributed by atoms with van der Waals surface area (Å²) in [6.07, 6.45) is 6.58. The average Bonchev–Trinajstić information content (AvgIpc) is 3.02. The smallest absolute Gasteiger partial charge is 0.0895 e. The minimum Gasteiger partial charge on any atom is -0.378 e. The maximum absolute atomic E-state index is 5.69. The summed E-state index contributed by atoms with van der Waals surface area (Å²) in [6.45, 7) is 6.53. The molecule has 2 aliphatic heterocycles. The minimum absolute atomic E-state index is 0.294. The molecule has 0 saturated carbocycles. The number of pyridine rings is 1. The first kappa shape index (κ1) is 17.1. The van der Waals surface area contributed by atoms with Crippen LogP contribution in [0.5, 0.6) is 0 Å². The SMILES string of the molecule is CO[C@H]1CN(C2CCN(Cc3scnc3C)CC2)[C@H]1c1cccnc1. The van der Waals surface area contributed by atoms with Gasteiger partial charge < -0.3 is 4.74 Å². The number of piperidine rings is 1. The summed E-state index contributed by atoms with van der Waals surface area (Å²) in [5, 5.41) is 0. The Morgan fingerprint density at radius 2 is 2.16 bits per heavy atom. The van der Waals surface area contributed by atoms with Gasteiger partial charge >= 0.3 is 0 Å². The summed E-state index contributed by atoms with van der Waals surface area (Å²) < 4.78 is 5.69. The molecule has 0 bridgehead atoms. The number of thiazole rings is 1. The van der Waals surface area contributed by atoms with Gasteiger partial charge in [0, 0.05) is 56.6 Å². The van der Waals surface area contributed by atoms with Crippen molar-refractivity contribution in [1.82, 2.24) is 19.8 Å². The van der Waals surface area contributed by atoms with Gasteiger partial charge in [-0.1, -0.05) is 6.07 Å². The molecule has 134 valence electrons. The van der Waals surface area contributed by atoms with Gasteiger partial charge in [0.25, 0.3) is 0 Å². The van der Waals surface area contributed by atoms with Crippen LogP contribution >= 0.6 is 11.3 Å². The summed E-state index contributed by atoms with van der Waals surface area (Å²) in [5.74, 6) is 0. The Labute approximate surface area is 153 Å². The van der Waals surface area contributed by atoms with Crippen LogP contribution in [-0.2, 0) is 11.3 Å². The van der Waals surface area contributed by atoms with Crippen LogP contribution in [0.1, 0.15) is 35.0 Å². The van der Waals surface area contributed by atoms with Crippen LogP contribution in [0.15, 0.2) is 30.0 Å². The van der Waals surface area contributed by atoms with Gasteiger partial charge in [0.2, 0.25) is 0 Å². The standard InChI is InChI=1S/C19H26N4OS/c1-14-18(25-13-21-14)12-22-8-5-16(6-9-22)23-11-17(24-2)19(23)15-4-3-7-20-10-15/h3-4,7,10,13,16-17,19H,5-6,8-9,11-12H2,1-2H3/t17-,19-/m0/s1. The molecular weight excluding hydrogens is 332 g/mol. The minimum atomic E-state index is 0.294. The van der Waals surface area contributed by atoms with Crippen molar-refractivity contribution in [3.05, 3.63) is 46.2 Å². The number of rotatable bonds is 5. The summed E-state index contributed by atoms with van der Waals surface area (Å²) >= 11 is 1.78. The molecule has 25 heavy (non-hydrogen) atoms. The van der Waals surface area contributed by atoms with E-state index in [9.17, 15) is 0 Å². The molecule has 2 saturated heterocycles. The van der Waals surface area contributed by atoms with Crippen LogP contribution in [0.3, 0.4) is 0 Å². The lowest BCUT2D eigenvalue weighted by atomic mass is 9.87. The molecule has 4 rings (SSSR count). The summed E-state index contributed by atoms with van der Waals surface area (Å²) in [5.41, 5.74) is 4.43. The van der Waals surface area contributed by atoms with Crippen LogP contribution in [0.2, 0.25) is 0 Å². The van der Waals surface area contributed by atoms with Gasteiger partial charge in [-0.2, -0.15) is 0 Å². The first-order valence-corrected chi connectivity index (χ1v) is 9.94. The van der Waals surface area contributed by atoms with Gasteiger partial charge in [0.15, 0.2) is 0 Å². The summed E-state index contributed by atoms with van der Waals surface area (Å²) in [7, 11) is 1.82. The molecule has 2 atom stereocenters. The summed E-state index contributed by atoms with van der Waals surface area (Å²) in [4.78, 5) is 15.3. The Bertz CT molecular complexity index is 684. The second-order valence-corrected chi connectivity index (χ2v) is 8.01. The molecule has 0 amide bonds. The number of nitrogens with zero attached hydrogens (tertiary/aromatic N) is 4. The van der Waals surface area contributed by atoms with E-state index in [2.05, 4.69) is 32.8 Å². The van der Waals surface area contributed by atoms with E-state index in [4.69, 9.17) is 4.74 Å². The molecule has 2 aromatic rings. The van der Waals surface area contributed by atoms with E-state index in [0.29, 0.717) is 18.2 Å². The molecule has 0 aromatic carbocycles. The van der Waals surface area contributed by atoms with Crippen molar-refractivity contribution in [3.63, 3.8) is 0 Å². The number of hydrogen-bond acceptors (Lipinski definition) is 6. The van der Waals surface area contributed by atoms with Gasteiger partial charge in [-0.25, -0.2) is 4.98 Å². The Morgan fingerprint density at radius 1 is 1.32 bits per heavy atom. The fourth-order valence-electron chi connectivity index (χ4n) is 4.12. The van der Waals surface area contributed by atoms with Crippen molar-refractivity contribution in [3.8, 4) is 0 Å². The number of methoxy groups -OCH3 is 1. The molecule has 2 aromatic heterocycles. The molecule has 0 radical (unpaired) electrons. The van der Waals surface area contributed by atoms with Gasteiger partial charge in [-0.15, -0.1) is 11.3 Å². The van der Waals surface area contributed by atoms with E-state index in [1.165, 1.54) is 29.0 Å². The van der Waals surface area contributed by atoms with Crippen molar-refractivity contribution in [2.24, 2.45) is 0 Å². The Morgan fingerprint density at radius 3 is 2.80 bits per heavy atom. The van der Waals surface area contributed by atoms with Crippen LogP contribution in [0, 0.1) is 6.92 Å². The monoisotopic (exact) mass is 358 g/mol. The van der Waals surface area contributed by atoms with Crippen LogP contribution in [0.25, 0.3) is 0 Å². The zero-order valence-corrected chi connectivity index (χ0v) is 15.8. The van der Waals surface area contributed by atoms with Crippen LogP contribution in [-0.4, -0.2) is 58.7 Å². The maximum atomic E-state index is 5.69. The zero-order chi connectivity index (χ0) is 17.2. The van der Waals surface area contributed by atoms with Crippen molar-refractivity contribution >= 4 is 11.3 Å². The zero-order valence-electron chi connectivity index (χ0n) is 15.0. The van der Waals surface area contributed by atoms with Crippen molar-refractivity contribution < 1.29 is 4.74 Å². The Balaban J connectivity index is 1.36. The highest BCUT2D eigenvalue weighted by Gasteiger charge is 2.44. The maximum Gasteiger partial charge on any atom is 0.0895 e. The molecule has 2 fully saturated rings. The normalized spacial score (nSPS) is 25.8. The second kappa shape index (κ2) is 7.50. The fraction of sp³-hybridized carbons (Fsp3) is 0.579. The molecular formula is C19H26N4OS. The number of hydrogen-bond donors (Lipinski definition) is 0. The van der Waals surface area contributed by atoms with Crippen LogP contribution in [0.4, 0.5) is 0 Å². The van der Waals surface area contributed by atoms with Crippen molar-refractivity contribution in [1.29, 1.82) is 0 Å². The molecule has 4 heterocycles. The Kier molecular flexibility index (Phi) is 5.12. The molecule has 0 N–H and O–H groups in total. The van der Waals surface area contributed by atoms with E-state index in [1.54, 1.807) is 11.3 Å². The largest absolute Gasteiger partial charge is 0.378 e. The molecule has 2 aliphatic rings. The van der Waals surface area contributed by atoms with Gasteiger partial charge in [-0.3, -0.25) is 14.8 Å². The highest BCUT2D eigenvalue weighted by molar-refractivity contribution is 7.09. The highest BCUT2D eigenvalue weighted by Crippen LogP contribution is 2.39. The number of aromatic nitrogens is 2. The van der Waals surface area contributed by atoms with E-state index in [1.807, 2.05) is 31.1 Å².